The number of hydrogen-bond donors (Lipinski definition) is 3. The Kier molecular flexibility index (Phi) is 5.94. The average molecular weight is 495 g/mol. The highest BCUT2D eigenvalue weighted by Gasteiger charge is 2.30. The number of alkyl carbamates (subject to hydrolysis) is 1. The van der Waals surface area contributed by atoms with E-state index in [1.807, 2.05) is 48.5 Å². The summed E-state index contributed by atoms with van der Waals surface area (Å²) in [6.45, 7) is 0.0979. The van der Waals surface area contributed by atoms with Crippen molar-refractivity contribution >= 4 is 46.2 Å². The zero-order valence-corrected chi connectivity index (χ0v) is 19.4. The van der Waals surface area contributed by atoms with Crippen LogP contribution in [-0.4, -0.2) is 34.8 Å². The van der Waals surface area contributed by atoms with Crippen LogP contribution >= 0.6 is 23.2 Å². The van der Waals surface area contributed by atoms with Gasteiger partial charge >= 0.3 is 12.1 Å². The number of fused-ring (bicyclic) bond motifs is 4. The maximum atomic E-state index is 12.6. The number of hydrogen-bond acceptors (Lipinski definition) is 3. The number of halogens is 2. The second kappa shape index (κ2) is 9.05. The first kappa shape index (κ1) is 22.3. The molecule has 0 fully saturated rings. The molecule has 1 heterocycles. The lowest BCUT2D eigenvalue weighted by Gasteiger charge is -2.17. The lowest BCUT2D eigenvalue weighted by atomic mass is 9.98. The van der Waals surface area contributed by atoms with Gasteiger partial charge in [-0.2, -0.15) is 0 Å². The van der Waals surface area contributed by atoms with Crippen molar-refractivity contribution in [3.63, 3.8) is 0 Å². The molecule has 0 aliphatic heterocycles. The summed E-state index contributed by atoms with van der Waals surface area (Å²) in [6, 6.07) is 18.2. The smallest absolute Gasteiger partial charge is 0.407 e. The van der Waals surface area contributed by atoms with Gasteiger partial charge in [-0.25, -0.2) is 9.59 Å². The van der Waals surface area contributed by atoms with Gasteiger partial charge in [-0.3, -0.25) is 0 Å². The Balaban J connectivity index is 1.30. The van der Waals surface area contributed by atoms with Crippen molar-refractivity contribution < 1.29 is 19.4 Å². The van der Waals surface area contributed by atoms with Crippen molar-refractivity contribution in [1.82, 2.24) is 10.3 Å². The van der Waals surface area contributed by atoms with Crippen LogP contribution < -0.4 is 5.32 Å². The fourth-order valence-electron chi connectivity index (χ4n) is 4.59. The number of nitrogens with one attached hydrogen (secondary N) is 2. The minimum Gasteiger partial charge on any atom is -0.480 e. The Morgan fingerprint density at radius 3 is 2.29 bits per heavy atom. The van der Waals surface area contributed by atoms with Crippen LogP contribution in [0, 0.1) is 0 Å². The molecular weight excluding hydrogens is 475 g/mol. The van der Waals surface area contributed by atoms with E-state index in [0.717, 1.165) is 27.8 Å². The maximum Gasteiger partial charge on any atom is 0.407 e. The van der Waals surface area contributed by atoms with Gasteiger partial charge < -0.3 is 20.1 Å². The van der Waals surface area contributed by atoms with Gasteiger partial charge in [0.25, 0.3) is 0 Å². The molecule has 0 spiro atoms. The molecule has 1 aromatic heterocycles. The fraction of sp³-hybridized carbons (Fsp3) is 0.154. The summed E-state index contributed by atoms with van der Waals surface area (Å²) >= 11 is 12.5. The van der Waals surface area contributed by atoms with Crippen LogP contribution in [0.3, 0.4) is 0 Å². The van der Waals surface area contributed by atoms with E-state index < -0.39 is 18.1 Å². The monoisotopic (exact) mass is 494 g/mol. The summed E-state index contributed by atoms with van der Waals surface area (Å²) in [5, 5.41) is 13.5. The minimum atomic E-state index is -1.20. The van der Waals surface area contributed by atoms with Crippen LogP contribution in [0.5, 0.6) is 0 Å². The Morgan fingerprint density at radius 1 is 1.00 bits per heavy atom. The lowest BCUT2D eigenvalue weighted by Crippen LogP contribution is -2.42. The molecule has 0 unspecified atom stereocenters. The number of amides is 1. The van der Waals surface area contributed by atoms with Crippen molar-refractivity contribution in [1.29, 1.82) is 0 Å². The molecule has 0 radical (unpaired) electrons. The number of ether oxygens (including phenoxy) is 1. The molecule has 5 rings (SSSR count). The quantitative estimate of drug-likeness (QED) is 0.306. The Labute approximate surface area is 205 Å². The van der Waals surface area contributed by atoms with Gasteiger partial charge in [-0.1, -0.05) is 71.7 Å². The number of aliphatic carboxylic acids is 1. The molecule has 1 amide bonds. The van der Waals surface area contributed by atoms with Crippen LogP contribution in [0.15, 0.2) is 66.9 Å². The first-order chi connectivity index (χ1) is 16.4. The predicted octanol–water partition coefficient (Wildman–Crippen LogP) is 6.01. The molecule has 3 N–H and O–H groups in total. The number of rotatable bonds is 6. The Bertz CT molecular complexity index is 1370. The van der Waals surface area contributed by atoms with E-state index >= 15 is 0 Å². The molecule has 1 aliphatic rings. The summed E-state index contributed by atoms with van der Waals surface area (Å²) < 4.78 is 5.50. The van der Waals surface area contributed by atoms with Crippen molar-refractivity contribution in [2.45, 2.75) is 18.4 Å². The lowest BCUT2D eigenvalue weighted by molar-refractivity contribution is -0.139. The molecule has 0 saturated carbocycles. The van der Waals surface area contributed by atoms with Gasteiger partial charge in [0.05, 0.1) is 10.0 Å². The predicted molar refractivity (Wildman–Crippen MR) is 132 cm³/mol. The van der Waals surface area contributed by atoms with Crippen molar-refractivity contribution in [3.8, 4) is 11.1 Å². The summed E-state index contributed by atoms with van der Waals surface area (Å²) in [4.78, 5) is 27.6. The molecule has 1 atom stereocenters. The summed E-state index contributed by atoms with van der Waals surface area (Å²) in [5.41, 5.74) is 5.76. The summed E-state index contributed by atoms with van der Waals surface area (Å²) in [5.74, 6) is -1.29. The molecular formula is C26H20Cl2N2O4. The zero-order valence-electron chi connectivity index (χ0n) is 17.8. The number of carbonyl (C=O) groups is 2. The number of carbonyl (C=O) groups excluding carboxylic acids is 1. The zero-order chi connectivity index (χ0) is 23.8. The van der Waals surface area contributed by atoms with E-state index in [1.54, 1.807) is 18.3 Å². The summed E-state index contributed by atoms with van der Waals surface area (Å²) in [7, 11) is 0. The Morgan fingerprint density at radius 2 is 1.65 bits per heavy atom. The third-order valence-corrected chi connectivity index (χ3v) is 6.98. The van der Waals surface area contributed by atoms with Crippen LogP contribution in [0.25, 0.3) is 22.0 Å². The number of carboxylic acid groups (broad SMARTS) is 1. The first-order valence-electron chi connectivity index (χ1n) is 10.7. The molecule has 0 bridgehead atoms. The average Bonchev–Trinajstić information content (AvgIpc) is 3.39. The van der Waals surface area contributed by atoms with E-state index in [4.69, 9.17) is 27.9 Å². The van der Waals surface area contributed by atoms with E-state index in [1.165, 1.54) is 0 Å². The van der Waals surface area contributed by atoms with E-state index in [0.29, 0.717) is 21.0 Å². The second-order valence-electron chi connectivity index (χ2n) is 8.16. The van der Waals surface area contributed by atoms with Crippen LogP contribution in [0.2, 0.25) is 10.0 Å². The molecule has 4 aromatic rings. The van der Waals surface area contributed by atoms with Gasteiger partial charge in [-0.05, 0) is 39.9 Å². The third kappa shape index (κ3) is 4.00. The van der Waals surface area contributed by atoms with E-state index in [9.17, 15) is 14.7 Å². The number of benzene rings is 3. The fourth-order valence-corrected chi connectivity index (χ4v) is 5.03. The highest BCUT2D eigenvalue weighted by atomic mass is 35.5. The first-order valence-corrected chi connectivity index (χ1v) is 11.5. The standard InChI is InChI=1S/C26H20Cl2N2O4/c27-20-9-10-21-23(24(20)28)14(12-29-21)11-22(25(31)32)30-26(33)34-13-19-17-7-3-1-5-15(17)16-6-2-4-8-18(16)19/h1-10,12,19,22,29H,11,13H2,(H,30,33)(H,31,32)/t22-/m0/s1. The Hall–Kier alpha value is -3.48. The van der Waals surface area contributed by atoms with Crippen molar-refractivity contribution in [2.24, 2.45) is 0 Å². The van der Waals surface area contributed by atoms with Crippen LogP contribution in [0.4, 0.5) is 4.79 Å². The number of aromatic amines is 1. The summed E-state index contributed by atoms with van der Waals surface area (Å²) in [6.07, 6.45) is 0.889. The minimum absolute atomic E-state index is 0.0135. The highest BCUT2D eigenvalue weighted by molar-refractivity contribution is 6.45. The van der Waals surface area contributed by atoms with Gasteiger partial charge in [0, 0.05) is 29.4 Å². The molecule has 34 heavy (non-hydrogen) atoms. The van der Waals surface area contributed by atoms with E-state index in [2.05, 4.69) is 10.3 Å². The maximum absolute atomic E-state index is 12.6. The van der Waals surface area contributed by atoms with Gasteiger partial charge in [0.1, 0.15) is 12.6 Å². The number of H-pyrrole nitrogens is 1. The topological polar surface area (TPSA) is 91.4 Å². The van der Waals surface area contributed by atoms with Crippen LogP contribution in [0.1, 0.15) is 22.6 Å². The molecule has 3 aromatic carbocycles. The molecule has 172 valence electrons. The number of carboxylic acids is 1. The largest absolute Gasteiger partial charge is 0.480 e. The van der Waals surface area contributed by atoms with Gasteiger partial charge in [-0.15, -0.1) is 0 Å². The molecule has 8 heteroatoms. The number of aromatic nitrogens is 1. The van der Waals surface area contributed by atoms with Crippen molar-refractivity contribution in [3.05, 3.63) is 93.6 Å². The van der Waals surface area contributed by atoms with Gasteiger partial charge in [0.2, 0.25) is 0 Å². The molecule has 6 nitrogen and oxygen atoms in total. The molecule has 0 saturated heterocycles. The van der Waals surface area contributed by atoms with Crippen LogP contribution in [-0.2, 0) is 16.0 Å². The normalized spacial score (nSPS) is 13.4. The van der Waals surface area contributed by atoms with Crippen molar-refractivity contribution in [2.75, 3.05) is 6.61 Å². The molecule has 1 aliphatic carbocycles. The second-order valence-corrected chi connectivity index (χ2v) is 8.95. The SMILES string of the molecule is O=C(N[C@@H](Cc1c[nH]c2ccc(Cl)c(Cl)c12)C(=O)O)OCC1c2ccccc2-c2ccccc21. The van der Waals surface area contributed by atoms with E-state index in [-0.39, 0.29) is 18.9 Å². The third-order valence-electron chi connectivity index (χ3n) is 6.18. The highest BCUT2D eigenvalue weighted by Crippen LogP contribution is 2.44. The van der Waals surface area contributed by atoms with Gasteiger partial charge in [0.15, 0.2) is 0 Å².